The minimum absolute atomic E-state index is 0.0330. The lowest BCUT2D eigenvalue weighted by molar-refractivity contribution is -0.143. The molecule has 0 rings (SSSR count). The van der Waals surface area contributed by atoms with E-state index in [-0.39, 0.29) is 5.97 Å². The highest BCUT2D eigenvalue weighted by Gasteiger charge is 2.03. The van der Waals surface area contributed by atoms with Crippen molar-refractivity contribution in [3.63, 3.8) is 0 Å². The molecule has 0 aliphatic carbocycles. The summed E-state index contributed by atoms with van der Waals surface area (Å²) in [5.74, 6) is 0.875. The number of ether oxygens (including phenoxy) is 1. The molecular formula is C19H38O2. The third-order valence-electron chi connectivity index (χ3n) is 4.18. The monoisotopic (exact) mass is 298 g/mol. The number of hydrogen-bond donors (Lipinski definition) is 0. The number of carbonyl (C=O) groups is 1. The van der Waals surface area contributed by atoms with Gasteiger partial charge in [0.1, 0.15) is 0 Å². The van der Waals surface area contributed by atoms with Gasteiger partial charge in [0.15, 0.2) is 0 Å². The zero-order valence-electron chi connectivity index (χ0n) is 14.8. The van der Waals surface area contributed by atoms with Crippen LogP contribution >= 0.6 is 0 Å². The molecule has 0 fully saturated rings. The molecule has 2 heteroatoms. The molecule has 0 aromatic rings. The number of carbonyl (C=O) groups excluding carboxylic acids is 1. The molecule has 0 aliphatic heterocycles. The van der Waals surface area contributed by atoms with Gasteiger partial charge in [0.2, 0.25) is 0 Å². The van der Waals surface area contributed by atoms with Crippen LogP contribution in [0.2, 0.25) is 0 Å². The van der Waals surface area contributed by atoms with Crippen LogP contribution in [-0.4, -0.2) is 12.6 Å². The van der Waals surface area contributed by atoms with Gasteiger partial charge in [-0.1, -0.05) is 84.5 Å². The molecule has 2 nitrogen and oxygen atoms in total. The van der Waals surface area contributed by atoms with Gasteiger partial charge in [-0.2, -0.15) is 0 Å². The zero-order chi connectivity index (χ0) is 15.8. The summed E-state index contributed by atoms with van der Waals surface area (Å²) < 4.78 is 4.92. The number of unbranched alkanes of at least 4 members (excludes halogenated alkanes) is 8. The second kappa shape index (κ2) is 15.9. The Hall–Kier alpha value is -0.530. The Bertz CT molecular complexity index is 226. The summed E-state index contributed by atoms with van der Waals surface area (Å²) in [5, 5.41) is 0. The summed E-state index contributed by atoms with van der Waals surface area (Å²) in [6.07, 6.45) is 16.5. The zero-order valence-corrected chi connectivity index (χ0v) is 14.8. The molecule has 0 spiro atoms. The first-order valence-electron chi connectivity index (χ1n) is 9.36. The Morgan fingerprint density at radius 2 is 1.33 bits per heavy atom. The molecule has 0 N–H and O–H groups in total. The molecule has 0 saturated carbocycles. The molecule has 0 aromatic carbocycles. The Morgan fingerprint density at radius 3 is 1.90 bits per heavy atom. The van der Waals surface area contributed by atoms with Crippen molar-refractivity contribution in [1.29, 1.82) is 0 Å². The lowest BCUT2D eigenvalue weighted by Gasteiger charge is -2.10. The predicted molar refractivity (Wildman–Crippen MR) is 91.5 cm³/mol. The third kappa shape index (κ3) is 15.7. The van der Waals surface area contributed by atoms with Crippen LogP contribution in [0.15, 0.2) is 0 Å². The normalized spacial score (nSPS) is 12.3. The molecule has 0 aliphatic rings. The quantitative estimate of drug-likeness (QED) is 0.263. The van der Waals surface area contributed by atoms with Crippen LogP contribution in [0.4, 0.5) is 0 Å². The topological polar surface area (TPSA) is 26.3 Å². The van der Waals surface area contributed by atoms with E-state index in [0.717, 1.165) is 12.3 Å². The van der Waals surface area contributed by atoms with Crippen LogP contribution in [0.1, 0.15) is 104 Å². The van der Waals surface area contributed by atoms with Crippen LogP contribution in [0.5, 0.6) is 0 Å². The van der Waals surface area contributed by atoms with E-state index in [4.69, 9.17) is 4.74 Å². The molecule has 0 aromatic heterocycles. The van der Waals surface area contributed by atoms with Gasteiger partial charge in [-0.05, 0) is 19.3 Å². The lowest BCUT2D eigenvalue weighted by Crippen LogP contribution is -2.03. The molecule has 21 heavy (non-hydrogen) atoms. The standard InChI is InChI=1S/C19H38O2/c1-4-6-7-12-15-18(3)16-13-10-8-9-11-14-17-19(20)21-5-2/h18H,4-17H2,1-3H3. The fourth-order valence-corrected chi connectivity index (χ4v) is 2.77. The van der Waals surface area contributed by atoms with Crippen molar-refractivity contribution in [2.45, 2.75) is 104 Å². The Kier molecular flexibility index (Phi) is 15.5. The van der Waals surface area contributed by atoms with Crippen molar-refractivity contribution in [1.82, 2.24) is 0 Å². The van der Waals surface area contributed by atoms with E-state index in [1.165, 1.54) is 70.6 Å². The summed E-state index contributed by atoms with van der Waals surface area (Å²) in [6.45, 7) is 7.06. The van der Waals surface area contributed by atoms with Crippen LogP contribution in [0.25, 0.3) is 0 Å². The lowest BCUT2D eigenvalue weighted by atomic mass is 9.96. The van der Waals surface area contributed by atoms with E-state index in [0.29, 0.717) is 13.0 Å². The summed E-state index contributed by atoms with van der Waals surface area (Å²) >= 11 is 0. The fraction of sp³-hybridized carbons (Fsp3) is 0.947. The van der Waals surface area contributed by atoms with Gasteiger partial charge in [0.25, 0.3) is 0 Å². The Balaban J connectivity index is 3.19. The van der Waals surface area contributed by atoms with Crippen molar-refractivity contribution in [2.24, 2.45) is 5.92 Å². The number of hydrogen-bond acceptors (Lipinski definition) is 2. The van der Waals surface area contributed by atoms with Crippen molar-refractivity contribution in [2.75, 3.05) is 6.61 Å². The van der Waals surface area contributed by atoms with Gasteiger partial charge < -0.3 is 4.74 Å². The highest BCUT2D eigenvalue weighted by molar-refractivity contribution is 5.69. The van der Waals surface area contributed by atoms with Gasteiger partial charge in [0.05, 0.1) is 6.61 Å². The molecule has 0 radical (unpaired) electrons. The molecule has 126 valence electrons. The molecule has 1 unspecified atom stereocenters. The van der Waals surface area contributed by atoms with E-state index in [1.54, 1.807) is 0 Å². The van der Waals surface area contributed by atoms with Gasteiger partial charge in [0, 0.05) is 6.42 Å². The first-order valence-corrected chi connectivity index (χ1v) is 9.36. The predicted octanol–water partition coefficient (Wildman–Crippen LogP) is 6.28. The van der Waals surface area contributed by atoms with Gasteiger partial charge >= 0.3 is 5.97 Å². The van der Waals surface area contributed by atoms with Gasteiger partial charge in [-0.3, -0.25) is 4.79 Å². The van der Waals surface area contributed by atoms with Crippen molar-refractivity contribution in [3.8, 4) is 0 Å². The maximum absolute atomic E-state index is 11.2. The maximum atomic E-state index is 11.2. The molecular weight excluding hydrogens is 260 g/mol. The van der Waals surface area contributed by atoms with Crippen LogP contribution in [0.3, 0.4) is 0 Å². The van der Waals surface area contributed by atoms with Crippen LogP contribution < -0.4 is 0 Å². The summed E-state index contributed by atoms with van der Waals surface area (Å²) in [4.78, 5) is 11.2. The fourth-order valence-electron chi connectivity index (χ4n) is 2.77. The van der Waals surface area contributed by atoms with Crippen LogP contribution in [0, 0.1) is 5.92 Å². The summed E-state index contributed by atoms with van der Waals surface area (Å²) in [7, 11) is 0. The SMILES string of the molecule is CCCCCCC(C)CCCCCCCCC(=O)OCC. The first-order chi connectivity index (χ1) is 10.2. The largest absolute Gasteiger partial charge is 0.466 e. The average Bonchev–Trinajstić information content (AvgIpc) is 2.46. The Labute approximate surface area is 133 Å². The molecule has 1 atom stereocenters. The molecule has 0 bridgehead atoms. The van der Waals surface area contributed by atoms with Gasteiger partial charge in [-0.25, -0.2) is 0 Å². The third-order valence-corrected chi connectivity index (χ3v) is 4.18. The van der Waals surface area contributed by atoms with Crippen molar-refractivity contribution in [3.05, 3.63) is 0 Å². The highest BCUT2D eigenvalue weighted by Crippen LogP contribution is 2.18. The summed E-state index contributed by atoms with van der Waals surface area (Å²) in [6, 6.07) is 0. The number of rotatable bonds is 15. The first kappa shape index (κ1) is 20.5. The Morgan fingerprint density at radius 1 is 0.810 bits per heavy atom. The molecule has 0 saturated heterocycles. The maximum Gasteiger partial charge on any atom is 0.305 e. The molecule has 0 amide bonds. The second-order valence-corrected chi connectivity index (χ2v) is 6.42. The summed E-state index contributed by atoms with van der Waals surface area (Å²) in [5.41, 5.74) is 0. The van der Waals surface area contributed by atoms with E-state index in [9.17, 15) is 4.79 Å². The minimum atomic E-state index is -0.0330. The molecule has 0 heterocycles. The smallest absolute Gasteiger partial charge is 0.305 e. The highest BCUT2D eigenvalue weighted by atomic mass is 16.5. The number of esters is 1. The average molecular weight is 299 g/mol. The van der Waals surface area contributed by atoms with E-state index in [2.05, 4.69) is 13.8 Å². The van der Waals surface area contributed by atoms with E-state index >= 15 is 0 Å². The van der Waals surface area contributed by atoms with E-state index < -0.39 is 0 Å². The van der Waals surface area contributed by atoms with Crippen molar-refractivity contribution >= 4 is 5.97 Å². The second-order valence-electron chi connectivity index (χ2n) is 6.42. The van der Waals surface area contributed by atoms with Gasteiger partial charge in [-0.15, -0.1) is 0 Å². The minimum Gasteiger partial charge on any atom is -0.466 e. The van der Waals surface area contributed by atoms with Crippen LogP contribution in [-0.2, 0) is 9.53 Å². The van der Waals surface area contributed by atoms with E-state index in [1.807, 2.05) is 6.92 Å². The van der Waals surface area contributed by atoms with Crippen molar-refractivity contribution < 1.29 is 9.53 Å².